The fourth-order valence-electron chi connectivity index (χ4n) is 3.03. The van der Waals surface area contributed by atoms with Crippen LogP contribution in [-0.4, -0.2) is 29.2 Å². The molecule has 3 heteroatoms. The Labute approximate surface area is 118 Å². The van der Waals surface area contributed by atoms with Gasteiger partial charge in [-0.25, -0.2) is 4.79 Å². The molecule has 1 fully saturated rings. The Morgan fingerprint density at radius 1 is 1.10 bits per heavy atom. The predicted molar refractivity (Wildman–Crippen MR) is 80.0 cm³/mol. The first-order valence-electron chi connectivity index (χ1n) is 7.18. The van der Waals surface area contributed by atoms with E-state index in [4.69, 9.17) is 5.11 Å². The van der Waals surface area contributed by atoms with Gasteiger partial charge in [0.1, 0.15) is 0 Å². The molecule has 1 saturated heterocycles. The summed E-state index contributed by atoms with van der Waals surface area (Å²) in [5, 5.41) is 11.5. The topological polar surface area (TPSA) is 40.5 Å². The first-order chi connectivity index (χ1) is 9.72. The predicted octanol–water partition coefficient (Wildman–Crippen LogP) is 3.77. The second kappa shape index (κ2) is 5.53. The molecule has 20 heavy (non-hydrogen) atoms. The van der Waals surface area contributed by atoms with Gasteiger partial charge in [-0.1, -0.05) is 42.5 Å². The van der Waals surface area contributed by atoms with Crippen molar-refractivity contribution in [3.8, 4) is 0 Å². The summed E-state index contributed by atoms with van der Waals surface area (Å²) >= 11 is 0. The first-order valence-corrected chi connectivity index (χ1v) is 7.18. The minimum Gasteiger partial charge on any atom is -0.465 e. The van der Waals surface area contributed by atoms with E-state index in [1.54, 1.807) is 0 Å². The lowest BCUT2D eigenvalue weighted by molar-refractivity contribution is 0.124. The normalized spacial score (nSPS) is 16.5. The lowest BCUT2D eigenvalue weighted by Crippen LogP contribution is -2.37. The van der Waals surface area contributed by atoms with Gasteiger partial charge in [-0.15, -0.1) is 0 Å². The monoisotopic (exact) mass is 269 g/mol. The van der Waals surface area contributed by atoms with Crippen LogP contribution in [0.15, 0.2) is 42.5 Å². The summed E-state index contributed by atoms with van der Waals surface area (Å²) in [6.07, 6.45) is 2.21. The smallest absolute Gasteiger partial charge is 0.407 e. The number of rotatable bonds is 2. The van der Waals surface area contributed by atoms with E-state index in [0.717, 1.165) is 19.3 Å². The summed E-state index contributed by atoms with van der Waals surface area (Å²) in [5.74, 6) is 0.603. The molecule has 104 valence electrons. The Kier molecular flexibility index (Phi) is 3.59. The van der Waals surface area contributed by atoms with E-state index in [-0.39, 0.29) is 0 Å². The molecule has 3 nitrogen and oxygen atoms in total. The molecule has 1 N–H and O–H groups in total. The van der Waals surface area contributed by atoms with Crippen molar-refractivity contribution in [3.63, 3.8) is 0 Å². The van der Waals surface area contributed by atoms with Crippen LogP contribution < -0.4 is 0 Å². The van der Waals surface area contributed by atoms with E-state index in [2.05, 4.69) is 42.5 Å². The van der Waals surface area contributed by atoms with Gasteiger partial charge in [0.25, 0.3) is 0 Å². The average molecular weight is 269 g/mol. The van der Waals surface area contributed by atoms with Crippen molar-refractivity contribution in [2.75, 3.05) is 13.1 Å². The van der Waals surface area contributed by atoms with Gasteiger partial charge in [0, 0.05) is 13.1 Å². The lowest BCUT2D eigenvalue weighted by Gasteiger charge is -2.30. The fourth-order valence-corrected chi connectivity index (χ4v) is 3.03. The van der Waals surface area contributed by atoms with Crippen molar-refractivity contribution in [1.82, 2.24) is 4.90 Å². The molecule has 0 atom stereocenters. The summed E-state index contributed by atoms with van der Waals surface area (Å²) in [7, 11) is 0. The molecule has 0 radical (unpaired) electrons. The number of amides is 1. The average Bonchev–Trinajstić information content (AvgIpc) is 2.48. The van der Waals surface area contributed by atoms with Gasteiger partial charge in [-0.05, 0) is 41.5 Å². The Morgan fingerprint density at radius 3 is 2.50 bits per heavy atom. The zero-order chi connectivity index (χ0) is 13.9. The summed E-state index contributed by atoms with van der Waals surface area (Å²) in [6.45, 7) is 1.35. The Bertz CT molecular complexity index is 615. The first kappa shape index (κ1) is 13.0. The van der Waals surface area contributed by atoms with Crippen molar-refractivity contribution in [2.45, 2.75) is 19.3 Å². The molecule has 0 aromatic heterocycles. The maximum Gasteiger partial charge on any atom is 0.407 e. The summed E-state index contributed by atoms with van der Waals surface area (Å²) in [5.41, 5.74) is 1.36. The van der Waals surface area contributed by atoms with Crippen LogP contribution in [0.5, 0.6) is 0 Å². The molecule has 1 aliphatic rings. The molecule has 0 spiro atoms. The molecular formula is C17H19NO2. The third-order valence-corrected chi connectivity index (χ3v) is 4.22. The van der Waals surface area contributed by atoms with Crippen molar-refractivity contribution in [3.05, 3.63) is 48.0 Å². The van der Waals surface area contributed by atoms with Crippen molar-refractivity contribution >= 4 is 16.9 Å². The van der Waals surface area contributed by atoms with E-state index in [1.165, 1.54) is 21.2 Å². The molecule has 0 bridgehead atoms. The van der Waals surface area contributed by atoms with Gasteiger partial charge >= 0.3 is 6.09 Å². The number of likely N-dealkylation sites (tertiary alicyclic amines) is 1. The fraction of sp³-hybridized carbons (Fsp3) is 0.353. The van der Waals surface area contributed by atoms with Crippen molar-refractivity contribution in [1.29, 1.82) is 0 Å². The van der Waals surface area contributed by atoms with E-state index in [1.807, 2.05) is 0 Å². The minimum absolute atomic E-state index is 0.603. The summed E-state index contributed by atoms with van der Waals surface area (Å²) < 4.78 is 0. The Hall–Kier alpha value is -2.03. The van der Waals surface area contributed by atoms with Crippen LogP contribution in [0.25, 0.3) is 10.8 Å². The molecule has 2 aromatic rings. The van der Waals surface area contributed by atoms with Crippen LogP contribution in [-0.2, 0) is 6.42 Å². The van der Waals surface area contributed by atoms with Crippen LogP contribution in [0.2, 0.25) is 0 Å². The second-order valence-corrected chi connectivity index (χ2v) is 5.60. The molecule has 1 aliphatic heterocycles. The Morgan fingerprint density at radius 2 is 1.80 bits per heavy atom. The number of hydrogen-bond acceptors (Lipinski definition) is 1. The van der Waals surface area contributed by atoms with Crippen LogP contribution in [0, 0.1) is 5.92 Å². The number of piperidine rings is 1. The number of hydrogen-bond donors (Lipinski definition) is 1. The van der Waals surface area contributed by atoms with Crippen LogP contribution in [0.1, 0.15) is 18.4 Å². The number of fused-ring (bicyclic) bond motifs is 1. The van der Waals surface area contributed by atoms with Crippen LogP contribution in [0.3, 0.4) is 0 Å². The highest BCUT2D eigenvalue weighted by atomic mass is 16.4. The van der Waals surface area contributed by atoms with Crippen LogP contribution in [0.4, 0.5) is 4.79 Å². The molecule has 1 heterocycles. The Balaban J connectivity index is 1.66. The maximum absolute atomic E-state index is 10.9. The molecule has 1 amide bonds. The van der Waals surface area contributed by atoms with E-state index < -0.39 is 6.09 Å². The highest BCUT2D eigenvalue weighted by molar-refractivity contribution is 5.82. The lowest BCUT2D eigenvalue weighted by atomic mass is 9.89. The van der Waals surface area contributed by atoms with Gasteiger partial charge in [-0.2, -0.15) is 0 Å². The minimum atomic E-state index is -0.783. The molecule has 3 rings (SSSR count). The molecule has 0 aliphatic carbocycles. The molecular weight excluding hydrogens is 250 g/mol. The van der Waals surface area contributed by atoms with Crippen molar-refractivity contribution < 1.29 is 9.90 Å². The van der Waals surface area contributed by atoms with E-state index >= 15 is 0 Å². The standard InChI is InChI=1S/C17H19NO2/c19-17(20)18-9-7-13(8-10-18)11-14-5-6-15-3-1-2-4-16(15)12-14/h1-6,12-13H,7-11H2,(H,19,20). The van der Waals surface area contributed by atoms with Gasteiger partial charge in [0.15, 0.2) is 0 Å². The van der Waals surface area contributed by atoms with Gasteiger partial charge in [-0.3, -0.25) is 0 Å². The van der Waals surface area contributed by atoms with E-state index in [9.17, 15) is 4.79 Å². The maximum atomic E-state index is 10.9. The number of carboxylic acid groups (broad SMARTS) is 1. The third kappa shape index (κ3) is 2.77. The van der Waals surface area contributed by atoms with Gasteiger partial charge in [0.2, 0.25) is 0 Å². The molecule has 0 saturated carbocycles. The highest BCUT2D eigenvalue weighted by Crippen LogP contribution is 2.24. The molecule has 0 unspecified atom stereocenters. The van der Waals surface area contributed by atoms with Gasteiger partial charge < -0.3 is 10.0 Å². The zero-order valence-corrected chi connectivity index (χ0v) is 11.5. The van der Waals surface area contributed by atoms with E-state index in [0.29, 0.717) is 19.0 Å². The highest BCUT2D eigenvalue weighted by Gasteiger charge is 2.22. The van der Waals surface area contributed by atoms with Gasteiger partial charge in [0.05, 0.1) is 0 Å². The SMILES string of the molecule is O=C(O)N1CCC(Cc2ccc3ccccc3c2)CC1. The summed E-state index contributed by atoms with van der Waals surface area (Å²) in [4.78, 5) is 12.4. The molecule has 2 aromatic carbocycles. The zero-order valence-electron chi connectivity index (χ0n) is 11.5. The quantitative estimate of drug-likeness (QED) is 0.901. The number of nitrogens with zero attached hydrogens (tertiary/aromatic N) is 1. The van der Waals surface area contributed by atoms with Crippen molar-refractivity contribution in [2.24, 2.45) is 5.92 Å². The third-order valence-electron chi connectivity index (χ3n) is 4.22. The largest absolute Gasteiger partial charge is 0.465 e. The summed E-state index contributed by atoms with van der Waals surface area (Å²) in [6, 6.07) is 15.0. The second-order valence-electron chi connectivity index (χ2n) is 5.60. The van der Waals surface area contributed by atoms with Crippen LogP contribution >= 0.6 is 0 Å². The number of benzene rings is 2. The number of carbonyl (C=O) groups is 1.